The van der Waals surface area contributed by atoms with Gasteiger partial charge in [-0.3, -0.25) is 0 Å². The Balaban J connectivity index is 1.65. The van der Waals surface area contributed by atoms with E-state index in [1.165, 1.54) is 36.4 Å². The Kier molecular flexibility index (Phi) is 8.45. The zero-order valence-corrected chi connectivity index (χ0v) is 22.0. The fourth-order valence-corrected chi connectivity index (χ4v) is 3.96. The van der Waals surface area contributed by atoms with Gasteiger partial charge in [-0.2, -0.15) is 0 Å². The molecule has 0 aliphatic rings. The standard InChI is InChI=1S/C34H22O8/c35-31(39-23-13-5-1-6-14-23)27-21-22-28(32(36)40-24-15-7-2-8-16-24)30(34(38)42-26-19-11-4-12-20-26)29(27)33(37)41-25-17-9-3-10-18-25/h1-22H. The molecule has 0 spiro atoms. The number of rotatable bonds is 8. The zero-order chi connectivity index (χ0) is 29.3. The molecule has 0 aliphatic heterocycles. The SMILES string of the molecule is O=C(Oc1ccccc1)c1ccc(C(=O)Oc2ccccc2)c(C(=O)Oc2ccccc2)c1C(=O)Oc1ccccc1. The normalized spacial score (nSPS) is 10.3. The molecule has 0 aliphatic carbocycles. The van der Waals surface area contributed by atoms with Crippen molar-refractivity contribution in [2.24, 2.45) is 0 Å². The van der Waals surface area contributed by atoms with Crippen LogP contribution in [0.2, 0.25) is 0 Å². The van der Waals surface area contributed by atoms with Crippen LogP contribution in [0.1, 0.15) is 41.4 Å². The second-order valence-corrected chi connectivity index (χ2v) is 8.72. The van der Waals surface area contributed by atoms with Crippen molar-refractivity contribution in [1.29, 1.82) is 0 Å². The first kappa shape index (κ1) is 27.5. The van der Waals surface area contributed by atoms with Gasteiger partial charge in [0, 0.05) is 0 Å². The number of carbonyl (C=O) groups is 4. The van der Waals surface area contributed by atoms with Gasteiger partial charge in [-0.15, -0.1) is 0 Å². The maximum atomic E-state index is 13.7. The number of esters is 4. The van der Waals surface area contributed by atoms with Crippen molar-refractivity contribution in [1.82, 2.24) is 0 Å². The summed E-state index contributed by atoms with van der Waals surface area (Å²) in [6.07, 6.45) is 0. The van der Waals surface area contributed by atoms with Gasteiger partial charge in [0.05, 0.1) is 22.3 Å². The summed E-state index contributed by atoms with van der Waals surface area (Å²) in [6.45, 7) is 0. The first-order valence-electron chi connectivity index (χ1n) is 12.8. The van der Waals surface area contributed by atoms with E-state index < -0.39 is 35.0 Å². The van der Waals surface area contributed by atoms with E-state index in [1.807, 2.05) is 0 Å². The lowest BCUT2D eigenvalue weighted by atomic mass is 9.95. The van der Waals surface area contributed by atoms with Gasteiger partial charge >= 0.3 is 23.9 Å². The minimum Gasteiger partial charge on any atom is -0.423 e. The highest BCUT2D eigenvalue weighted by atomic mass is 16.6. The van der Waals surface area contributed by atoms with Crippen LogP contribution in [0.15, 0.2) is 133 Å². The van der Waals surface area contributed by atoms with E-state index in [0.717, 1.165) is 0 Å². The van der Waals surface area contributed by atoms with Crippen LogP contribution in [0.4, 0.5) is 0 Å². The lowest BCUT2D eigenvalue weighted by Gasteiger charge is -2.16. The molecule has 0 heterocycles. The van der Waals surface area contributed by atoms with Gasteiger partial charge in [-0.05, 0) is 60.7 Å². The summed E-state index contributed by atoms with van der Waals surface area (Å²) >= 11 is 0. The van der Waals surface area contributed by atoms with Gasteiger partial charge < -0.3 is 18.9 Å². The molecule has 8 heteroatoms. The maximum Gasteiger partial charge on any atom is 0.345 e. The van der Waals surface area contributed by atoms with E-state index in [0.29, 0.717) is 0 Å². The molecule has 5 rings (SSSR count). The predicted octanol–water partition coefficient (Wildman–Crippen LogP) is 6.56. The summed E-state index contributed by atoms with van der Waals surface area (Å²) in [4.78, 5) is 54.2. The van der Waals surface area contributed by atoms with Gasteiger partial charge in [0.25, 0.3) is 0 Å². The van der Waals surface area contributed by atoms with E-state index in [2.05, 4.69) is 0 Å². The predicted molar refractivity (Wildman–Crippen MR) is 152 cm³/mol. The van der Waals surface area contributed by atoms with Gasteiger partial charge in [-0.1, -0.05) is 72.8 Å². The second kappa shape index (κ2) is 12.9. The van der Waals surface area contributed by atoms with Gasteiger partial charge in [-0.25, -0.2) is 19.2 Å². The van der Waals surface area contributed by atoms with Gasteiger partial charge in [0.2, 0.25) is 0 Å². The van der Waals surface area contributed by atoms with Gasteiger partial charge in [0.1, 0.15) is 23.0 Å². The van der Waals surface area contributed by atoms with E-state index in [4.69, 9.17) is 18.9 Å². The molecule has 0 amide bonds. The van der Waals surface area contributed by atoms with Crippen molar-refractivity contribution in [2.45, 2.75) is 0 Å². The summed E-state index contributed by atoms with van der Waals surface area (Å²) in [6, 6.07) is 34.9. The van der Waals surface area contributed by atoms with Gasteiger partial charge in [0.15, 0.2) is 0 Å². The molecule has 42 heavy (non-hydrogen) atoms. The molecular weight excluding hydrogens is 536 g/mol. The molecule has 8 nitrogen and oxygen atoms in total. The third kappa shape index (κ3) is 6.57. The van der Waals surface area contributed by atoms with E-state index >= 15 is 0 Å². The average molecular weight is 559 g/mol. The molecule has 0 saturated carbocycles. The highest BCUT2D eigenvalue weighted by Gasteiger charge is 2.34. The third-order valence-electron chi connectivity index (χ3n) is 5.87. The Morgan fingerprint density at radius 1 is 0.310 bits per heavy atom. The average Bonchev–Trinajstić information content (AvgIpc) is 3.02. The molecule has 0 N–H and O–H groups in total. The van der Waals surface area contributed by atoms with E-state index in [9.17, 15) is 19.2 Å². The molecule has 0 bridgehead atoms. The summed E-state index contributed by atoms with van der Waals surface area (Å²) in [5, 5.41) is 0. The molecular formula is C34H22O8. The number of carbonyl (C=O) groups excluding carboxylic acids is 4. The molecule has 0 unspecified atom stereocenters. The molecule has 0 radical (unpaired) electrons. The molecule has 0 atom stereocenters. The minimum atomic E-state index is -1.09. The van der Waals surface area contributed by atoms with Crippen LogP contribution in [-0.2, 0) is 0 Å². The topological polar surface area (TPSA) is 105 Å². The lowest BCUT2D eigenvalue weighted by molar-refractivity contribution is 0.0661. The Morgan fingerprint density at radius 3 is 0.810 bits per heavy atom. The fraction of sp³-hybridized carbons (Fsp3) is 0. The number of hydrogen-bond acceptors (Lipinski definition) is 8. The Morgan fingerprint density at radius 2 is 0.548 bits per heavy atom. The van der Waals surface area contributed by atoms with Crippen molar-refractivity contribution < 1.29 is 38.1 Å². The Labute approximate surface area is 240 Å². The van der Waals surface area contributed by atoms with Crippen LogP contribution in [0.3, 0.4) is 0 Å². The summed E-state index contributed by atoms with van der Waals surface area (Å²) < 4.78 is 22.0. The number of ether oxygens (including phenoxy) is 4. The van der Waals surface area contributed by atoms with Crippen LogP contribution in [-0.4, -0.2) is 23.9 Å². The largest absolute Gasteiger partial charge is 0.423 e. The monoisotopic (exact) mass is 558 g/mol. The second-order valence-electron chi connectivity index (χ2n) is 8.72. The maximum absolute atomic E-state index is 13.7. The highest BCUT2D eigenvalue weighted by Crippen LogP contribution is 2.27. The summed E-state index contributed by atoms with van der Waals surface area (Å²) in [5.41, 5.74) is -1.70. The highest BCUT2D eigenvalue weighted by molar-refractivity contribution is 6.16. The minimum absolute atomic E-state index is 0.143. The van der Waals surface area contributed by atoms with Crippen molar-refractivity contribution in [2.75, 3.05) is 0 Å². The van der Waals surface area contributed by atoms with Crippen molar-refractivity contribution in [3.05, 3.63) is 156 Å². The van der Waals surface area contributed by atoms with Crippen LogP contribution < -0.4 is 18.9 Å². The Hall–Kier alpha value is -6.02. The smallest absolute Gasteiger partial charge is 0.345 e. The van der Waals surface area contributed by atoms with E-state index in [-0.39, 0.29) is 34.1 Å². The molecule has 0 saturated heterocycles. The van der Waals surface area contributed by atoms with Crippen LogP contribution in [0.5, 0.6) is 23.0 Å². The fourth-order valence-electron chi connectivity index (χ4n) is 3.96. The molecule has 206 valence electrons. The van der Waals surface area contributed by atoms with Crippen molar-refractivity contribution in [3.63, 3.8) is 0 Å². The first-order chi connectivity index (χ1) is 20.5. The third-order valence-corrected chi connectivity index (χ3v) is 5.87. The first-order valence-corrected chi connectivity index (χ1v) is 12.8. The molecule has 0 fully saturated rings. The van der Waals surface area contributed by atoms with Crippen molar-refractivity contribution >= 4 is 23.9 Å². The van der Waals surface area contributed by atoms with Crippen LogP contribution in [0.25, 0.3) is 0 Å². The summed E-state index contributed by atoms with van der Waals surface area (Å²) in [5.74, 6) is -3.41. The van der Waals surface area contributed by atoms with Crippen LogP contribution >= 0.6 is 0 Å². The zero-order valence-electron chi connectivity index (χ0n) is 22.0. The lowest BCUT2D eigenvalue weighted by Crippen LogP contribution is -2.27. The molecule has 5 aromatic rings. The van der Waals surface area contributed by atoms with E-state index in [1.54, 1.807) is 97.1 Å². The number of benzene rings is 5. The van der Waals surface area contributed by atoms with Crippen LogP contribution in [0, 0.1) is 0 Å². The molecule has 0 aromatic heterocycles. The number of hydrogen-bond donors (Lipinski definition) is 0. The Bertz CT molecular complexity index is 1590. The summed E-state index contributed by atoms with van der Waals surface area (Å²) in [7, 11) is 0. The quantitative estimate of drug-likeness (QED) is 0.156. The van der Waals surface area contributed by atoms with Crippen molar-refractivity contribution in [3.8, 4) is 23.0 Å². The molecule has 5 aromatic carbocycles. The number of para-hydroxylation sites is 4.